The Morgan fingerprint density at radius 3 is 2.65 bits per heavy atom. The first-order valence-electron chi connectivity index (χ1n) is 7.22. The maximum Gasteiger partial charge on any atom is 0.266 e. The van der Waals surface area contributed by atoms with Crippen molar-refractivity contribution in [3.63, 3.8) is 0 Å². The van der Waals surface area contributed by atoms with Crippen molar-refractivity contribution in [2.75, 3.05) is 31.1 Å². The predicted octanol–water partition coefficient (Wildman–Crippen LogP) is 3.65. The monoisotopic (exact) mass is 468 g/mol. The summed E-state index contributed by atoms with van der Waals surface area (Å²) in [6, 6.07) is 5.32. The fourth-order valence-electron chi connectivity index (χ4n) is 2.62. The molecule has 23 heavy (non-hydrogen) atoms. The van der Waals surface area contributed by atoms with Crippen molar-refractivity contribution >= 4 is 46.8 Å². The third-order valence-corrected chi connectivity index (χ3v) is 6.28. The van der Waals surface area contributed by atoms with Crippen molar-refractivity contribution in [3.8, 4) is 11.2 Å². The van der Waals surface area contributed by atoms with E-state index in [-0.39, 0.29) is 13.0 Å². The Bertz CT molecular complexity index is 686. The van der Waals surface area contributed by atoms with Crippen molar-refractivity contribution in [1.29, 1.82) is 0 Å². The number of nitrogens with zero attached hydrogens (tertiary/aromatic N) is 2. The second-order valence-corrected chi connectivity index (χ2v) is 8.71. The molecule has 2 heterocycles. The van der Waals surface area contributed by atoms with Gasteiger partial charge in [0.15, 0.2) is 0 Å². The van der Waals surface area contributed by atoms with Gasteiger partial charge >= 0.3 is 0 Å². The molecule has 2 fully saturated rings. The molecule has 1 atom stereocenters. The van der Waals surface area contributed by atoms with E-state index in [1.54, 1.807) is 23.1 Å². The van der Waals surface area contributed by atoms with E-state index in [0.717, 1.165) is 19.5 Å². The van der Waals surface area contributed by atoms with Gasteiger partial charge in [-0.25, -0.2) is 17.3 Å². The Hall–Kier alpha value is -0.370. The quantitative estimate of drug-likeness (QED) is 0.500. The first-order valence-corrected chi connectivity index (χ1v) is 11.7. The summed E-state index contributed by atoms with van der Waals surface area (Å²) >= 11 is 2.07. The minimum absolute atomic E-state index is 0.137. The number of alkyl halides is 2. The summed E-state index contributed by atoms with van der Waals surface area (Å²) in [5.41, 5.74) is 1.36. The van der Waals surface area contributed by atoms with Crippen LogP contribution in [0.1, 0.15) is 18.4 Å². The molecule has 0 aromatic heterocycles. The molecule has 0 N–H and O–H groups in total. The zero-order valence-corrected chi connectivity index (χ0v) is 16.0. The van der Waals surface area contributed by atoms with E-state index in [4.69, 9.17) is 0 Å². The van der Waals surface area contributed by atoms with Gasteiger partial charge < -0.3 is 4.90 Å². The molecule has 0 aliphatic carbocycles. The molecule has 1 aromatic rings. The summed E-state index contributed by atoms with van der Waals surface area (Å²) in [7, 11) is 0.148. The second-order valence-electron chi connectivity index (χ2n) is 5.54. The van der Waals surface area contributed by atoms with Crippen LogP contribution in [-0.4, -0.2) is 40.6 Å². The number of hydrogen-bond acceptors (Lipinski definition) is 3. The number of rotatable bonds is 3. The summed E-state index contributed by atoms with van der Waals surface area (Å²) in [5.74, 6) is 0.352. The van der Waals surface area contributed by atoms with Crippen LogP contribution in [0.25, 0.3) is 0 Å². The average molecular weight is 468 g/mol. The van der Waals surface area contributed by atoms with E-state index in [2.05, 4.69) is 32.4 Å². The first-order chi connectivity index (χ1) is 11.0. The molecule has 3 rings (SSSR count). The topological polar surface area (TPSA) is 23.6 Å². The first kappa shape index (κ1) is 17.5. The Kier molecular flexibility index (Phi) is 5.50. The van der Waals surface area contributed by atoms with E-state index < -0.39 is 16.9 Å². The largest absolute Gasteiger partial charge is 0.364 e. The summed E-state index contributed by atoms with van der Waals surface area (Å²) < 4.78 is 41.3. The second kappa shape index (κ2) is 7.25. The zero-order chi connectivity index (χ0) is 16.4. The molecule has 2 saturated heterocycles. The van der Waals surface area contributed by atoms with Gasteiger partial charge in [-0.15, -0.1) is 0 Å². The normalized spacial score (nSPS) is 21.4. The van der Waals surface area contributed by atoms with Crippen molar-refractivity contribution in [2.45, 2.75) is 23.7 Å². The van der Waals surface area contributed by atoms with Crippen LogP contribution in [0.4, 0.5) is 14.5 Å². The van der Waals surface area contributed by atoms with Crippen LogP contribution in [0.3, 0.4) is 0 Å². The van der Waals surface area contributed by atoms with Crippen LogP contribution in [0.2, 0.25) is 0 Å². The van der Waals surface area contributed by atoms with E-state index >= 15 is 0 Å². The van der Waals surface area contributed by atoms with Gasteiger partial charge in [-0.05, 0) is 38.8 Å². The highest BCUT2D eigenvalue weighted by atomic mass is 127. The van der Waals surface area contributed by atoms with Crippen LogP contribution >= 0.6 is 30.1 Å². The molecule has 124 valence electrons. The van der Waals surface area contributed by atoms with Gasteiger partial charge in [-0.1, -0.05) is 5.92 Å². The van der Waals surface area contributed by atoms with Gasteiger partial charge in [0.1, 0.15) is 11.0 Å². The summed E-state index contributed by atoms with van der Waals surface area (Å²) in [5, 5.41) is 2.90. The Morgan fingerprint density at radius 2 is 2.09 bits per heavy atom. The van der Waals surface area contributed by atoms with E-state index in [0.29, 0.717) is 22.7 Å². The van der Waals surface area contributed by atoms with E-state index in [1.807, 2.05) is 4.31 Å². The standard InChI is InChI=1S/C15H15F2IN2OS2/c16-15(17)5-8-19(11-15)14-3-2-13(10-12(14)4-9-22-18)23(21)20-6-1-7-20/h2-3,10H,1,5-8,11H2. The molecule has 0 bridgehead atoms. The van der Waals surface area contributed by atoms with Crippen molar-refractivity contribution in [2.24, 2.45) is 0 Å². The van der Waals surface area contributed by atoms with Crippen LogP contribution < -0.4 is 4.90 Å². The molecule has 1 unspecified atom stereocenters. The Balaban J connectivity index is 1.91. The van der Waals surface area contributed by atoms with Crippen LogP contribution in [0, 0.1) is 11.2 Å². The highest BCUT2D eigenvalue weighted by Crippen LogP contribution is 2.33. The van der Waals surface area contributed by atoms with E-state index in [1.165, 1.54) is 8.93 Å². The van der Waals surface area contributed by atoms with Gasteiger partial charge in [0, 0.05) is 47.3 Å². The van der Waals surface area contributed by atoms with Gasteiger partial charge in [0.05, 0.1) is 22.7 Å². The van der Waals surface area contributed by atoms with Crippen LogP contribution in [0.5, 0.6) is 0 Å². The van der Waals surface area contributed by atoms with Crippen molar-refractivity contribution < 1.29 is 13.0 Å². The molecule has 0 saturated carbocycles. The lowest BCUT2D eigenvalue weighted by molar-refractivity contribution is 0.0257. The fraction of sp³-hybridized carbons (Fsp3) is 0.467. The van der Waals surface area contributed by atoms with Gasteiger partial charge in [-0.2, -0.15) is 0 Å². The Morgan fingerprint density at radius 1 is 1.30 bits per heavy atom. The highest BCUT2D eigenvalue weighted by molar-refractivity contribution is 14.2. The van der Waals surface area contributed by atoms with Crippen molar-refractivity contribution in [1.82, 2.24) is 4.31 Å². The third kappa shape index (κ3) is 4.00. The third-order valence-electron chi connectivity index (χ3n) is 3.95. The Labute approximate surface area is 153 Å². The lowest BCUT2D eigenvalue weighted by Gasteiger charge is -2.29. The van der Waals surface area contributed by atoms with Crippen molar-refractivity contribution in [3.05, 3.63) is 23.8 Å². The minimum Gasteiger partial charge on any atom is -0.364 e. The predicted molar refractivity (Wildman–Crippen MR) is 99.3 cm³/mol. The molecule has 2 aliphatic rings. The highest BCUT2D eigenvalue weighted by Gasteiger charge is 2.38. The minimum atomic E-state index is -2.65. The molecule has 0 amide bonds. The summed E-state index contributed by atoms with van der Waals surface area (Å²) in [6.07, 6.45) is 0.924. The lowest BCUT2D eigenvalue weighted by Crippen LogP contribution is -2.38. The zero-order valence-electron chi connectivity index (χ0n) is 12.2. The molecule has 2 aliphatic heterocycles. The fourth-order valence-corrected chi connectivity index (χ4v) is 4.39. The summed E-state index contributed by atoms with van der Waals surface area (Å²) in [6.45, 7) is 1.69. The molecule has 3 nitrogen and oxygen atoms in total. The number of hydrogen-bond donors (Lipinski definition) is 0. The maximum atomic E-state index is 13.5. The molecule has 0 spiro atoms. The van der Waals surface area contributed by atoms with Crippen LogP contribution in [-0.2, 0) is 11.0 Å². The summed E-state index contributed by atoms with van der Waals surface area (Å²) in [4.78, 5) is 2.35. The van der Waals surface area contributed by atoms with Gasteiger partial charge in [0.2, 0.25) is 0 Å². The average Bonchev–Trinajstić information content (AvgIpc) is 2.83. The molecule has 0 radical (unpaired) electrons. The van der Waals surface area contributed by atoms with E-state index in [9.17, 15) is 13.0 Å². The number of anilines is 1. The number of halogens is 3. The smallest absolute Gasteiger partial charge is 0.266 e. The van der Waals surface area contributed by atoms with Crippen LogP contribution in [0.15, 0.2) is 23.1 Å². The van der Waals surface area contributed by atoms with Gasteiger partial charge in [-0.3, -0.25) is 0 Å². The molecule has 1 aromatic carbocycles. The maximum absolute atomic E-state index is 13.5. The molecule has 8 heteroatoms. The SMILES string of the molecule is O=S(c1ccc(N2CCC(F)(F)C2)c(C#CSI)c1)N1CCC1. The van der Waals surface area contributed by atoms with Gasteiger partial charge in [0.25, 0.3) is 5.92 Å². The lowest BCUT2D eigenvalue weighted by atomic mass is 10.1. The number of benzene rings is 1. The molecular weight excluding hydrogens is 453 g/mol. The molecular formula is C15H15F2IN2OS2.